The molecule has 0 amide bonds. The lowest BCUT2D eigenvalue weighted by Gasteiger charge is -2.06. The summed E-state index contributed by atoms with van der Waals surface area (Å²) in [6.07, 6.45) is 0. The molecular formula is C20H15ClN4O3S2. The SMILES string of the molecule is COc1cccc2c1c(NS(=O)(=O)c1ccc(Cl)s1)nn2Cc1cccc(C#N)c1. The molecule has 0 aliphatic heterocycles. The van der Waals surface area contributed by atoms with Crippen LogP contribution in [0.4, 0.5) is 5.82 Å². The van der Waals surface area contributed by atoms with E-state index in [-0.39, 0.29) is 10.0 Å². The van der Waals surface area contributed by atoms with Crippen molar-refractivity contribution in [2.24, 2.45) is 0 Å². The van der Waals surface area contributed by atoms with Crippen LogP contribution in [-0.2, 0) is 16.6 Å². The molecule has 7 nitrogen and oxygen atoms in total. The van der Waals surface area contributed by atoms with E-state index in [0.717, 1.165) is 16.9 Å². The minimum Gasteiger partial charge on any atom is -0.496 e. The normalized spacial score (nSPS) is 11.4. The molecule has 4 aromatic rings. The monoisotopic (exact) mass is 458 g/mol. The van der Waals surface area contributed by atoms with Crippen molar-refractivity contribution in [3.05, 3.63) is 70.1 Å². The van der Waals surface area contributed by atoms with Gasteiger partial charge in [0.05, 0.1) is 40.5 Å². The van der Waals surface area contributed by atoms with Crippen molar-refractivity contribution >= 4 is 49.7 Å². The van der Waals surface area contributed by atoms with Crippen LogP contribution < -0.4 is 9.46 Å². The first-order valence-electron chi connectivity index (χ1n) is 8.72. The van der Waals surface area contributed by atoms with Gasteiger partial charge in [-0.15, -0.1) is 11.3 Å². The Bertz CT molecular complexity index is 1390. The molecule has 30 heavy (non-hydrogen) atoms. The summed E-state index contributed by atoms with van der Waals surface area (Å²) in [4.78, 5) is 0. The smallest absolute Gasteiger partial charge is 0.272 e. The molecular weight excluding hydrogens is 444 g/mol. The van der Waals surface area contributed by atoms with Gasteiger partial charge in [-0.05, 0) is 42.0 Å². The number of methoxy groups -OCH3 is 1. The van der Waals surface area contributed by atoms with E-state index >= 15 is 0 Å². The zero-order valence-electron chi connectivity index (χ0n) is 15.7. The van der Waals surface area contributed by atoms with E-state index in [1.807, 2.05) is 18.2 Å². The lowest BCUT2D eigenvalue weighted by molar-refractivity contribution is 0.420. The van der Waals surface area contributed by atoms with Gasteiger partial charge in [-0.2, -0.15) is 10.4 Å². The molecule has 0 radical (unpaired) electrons. The van der Waals surface area contributed by atoms with Gasteiger partial charge < -0.3 is 4.74 Å². The Morgan fingerprint density at radius 2 is 2.03 bits per heavy atom. The van der Waals surface area contributed by atoms with Gasteiger partial charge in [-0.25, -0.2) is 8.42 Å². The number of nitrogens with one attached hydrogen (secondary N) is 1. The lowest BCUT2D eigenvalue weighted by atomic mass is 10.1. The Morgan fingerprint density at radius 3 is 2.73 bits per heavy atom. The maximum absolute atomic E-state index is 12.8. The fourth-order valence-electron chi connectivity index (χ4n) is 3.09. The maximum atomic E-state index is 12.8. The highest BCUT2D eigenvalue weighted by Gasteiger charge is 2.23. The number of halogens is 1. The molecule has 0 atom stereocenters. The highest BCUT2D eigenvalue weighted by Crippen LogP contribution is 2.35. The fraction of sp³-hybridized carbons (Fsp3) is 0.100. The number of anilines is 1. The molecule has 2 aromatic carbocycles. The summed E-state index contributed by atoms with van der Waals surface area (Å²) < 4.78 is 35.8. The van der Waals surface area contributed by atoms with E-state index < -0.39 is 10.0 Å². The van der Waals surface area contributed by atoms with Crippen LogP contribution in [0.3, 0.4) is 0 Å². The van der Waals surface area contributed by atoms with Crippen molar-refractivity contribution in [2.45, 2.75) is 10.8 Å². The third-order valence-corrected chi connectivity index (χ3v) is 7.45. The second kappa shape index (κ2) is 7.99. The van der Waals surface area contributed by atoms with Crippen molar-refractivity contribution in [2.75, 3.05) is 11.8 Å². The minimum absolute atomic E-state index is 0.0896. The third kappa shape index (κ3) is 3.85. The van der Waals surface area contributed by atoms with Crippen LogP contribution >= 0.6 is 22.9 Å². The number of nitriles is 1. The summed E-state index contributed by atoms with van der Waals surface area (Å²) in [7, 11) is -2.36. The predicted octanol–water partition coefficient (Wildman–Crippen LogP) is 4.48. The number of aromatic nitrogens is 2. The van der Waals surface area contributed by atoms with Crippen molar-refractivity contribution in [3.63, 3.8) is 0 Å². The number of ether oxygens (including phenoxy) is 1. The van der Waals surface area contributed by atoms with E-state index in [1.165, 1.54) is 19.2 Å². The number of hydrogen-bond acceptors (Lipinski definition) is 6. The minimum atomic E-state index is -3.87. The van der Waals surface area contributed by atoms with Crippen LogP contribution in [0.1, 0.15) is 11.1 Å². The maximum Gasteiger partial charge on any atom is 0.272 e. The average Bonchev–Trinajstić information content (AvgIpc) is 3.32. The first-order valence-corrected chi connectivity index (χ1v) is 11.4. The van der Waals surface area contributed by atoms with Gasteiger partial charge in [-0.3, -0.25) is 9.40 Å². The Labute approximate surface area is 182 Å². The highest BCUT2D eigenvalue weighted by molar-refractivity contribution is 7.94. The zero-order chi connectivity index (χ0) is 21.3. The summed E-state index contributed by atoms with van der Waals surface area (Å²) in [5.41, 5.74) is 2.09. The number of hydrogen-bond donors (Lipinski definition) is 1. The number of nitrogens with zero attached hydrogens (tertiary/aromatic N) is 3. The molecule has 0 unspecified atom stereocenters. The van der Waals surface area contributed by atoms with Gasteiger partial charge in [0.2, 0.25) is 0 Å². The molecule has 0 bridgehead atoms. The highest BCUT2D eigenvalue weighted by atomic mass is 35.5. The molecule has 4 rings (SSSR count). The Morgan fingerprint density at radius 1 is 1.23 bits per heavy atom. The molecule has 0 fully saturated rings. The summed E-state index contributed by atoms with van der Waals surface area (Å²) >= 11 is 6.86. The zero-order valence-corrected chi connectivity index (χ0v) is 18.1. The van der Waals surface area contributed by atoms with Crippen LogP contribution in [0.2, 0.25) is 4.34 Å². The molecule has 0 aliphatic rings. The van der Waals surface area contributed by atoms with Gasteiger partial charge in [0.1, 0.15) is 9.96 Å². The number of rotatable bonds is 6. The molecule has 0 aliphatic carbocycles. The van der Waals surface area contributed by atoms with Crippen molar-refractivity contribution in [3.8, 4) is 11.8 Å². The number of fused-ring (bicyclic) bond motifs is 1. The van der Waals surface area contributed by atoms with Crippen LogP contribution in [0.5, 0.6) is 5.75 Å². The van der Waals surface area contributed by atoms with E-state index in [2.05, 4.69) is 15.9 Å². The third-order valence-electron chi connectivity index (χ3n) is 4.39. The summed E-state index contributed by atoms with van der Waals surface area (Å²) in [5.74, 6) is 0.648. The van der Waals surface area contributed by atoms with Gasteiger partial charge >= 0.3 is 0 Å². The number of thiophene rings is 1. The van der Waals surface area contributed by atoms with Crippen molar-refractivity contribution < 1.29 is 13.2 Å². The summed E-state index contributed by atoms with van der Waals surface area (Å²) in [6.45, 7) is 0.353. The number of sulfonamides is 1. The molecule has 2 heterocycles. The number of benzene rings is 2. The van der Waals surface area contributed by atoms with E-state index in [0.29, 0.717) is 33.1 Å². The van der Waals surface area contributed by atoms with E-state index in [4.69, 9.17) is 21.6 Å². The Balaban J connectivity index is 1.81. The first kappa shape index (κ1) is 20.2. The van der Waals surface area contributed by atoms with E-state index in [1.54, 1.807) is 28.9 Å². The fourth-order valence-corrected chi connectivity index (χ4v) is 5.58. The van der Waals surface area contributed by atoms with Crippen molar-refractivity contribution in [1.29, 1.82) is 5.26 Å². The predicted molar refractivity (Wildman–Crippen MR) is 117 cm³/mol. The molecule has 1 N–H and O–H groups in total. The summed E-state index contributed by atoms with van der Waals surface area (Å²) in [5, 5.41) is 14.2. The molecule has 2 aromatic heterocycles. The Hall–Kier alpha value is -3.06. The van der Waals surface area contributed by atoms with Crippen LogP contribution in [0, 0.1) is 11.3 Å². The molecule has 0 saturated heterocycles. The second-order valence-electron chi connectivity index (χ2n) is 6.34. The van der Waals surface area contributed by atoms with Gasteiger partial charge in [0, 0.05) is 0 Å². The van der Waals surface area contributed by atoms with Crippen LogP contribution in [-0.4, -0.2) is 25.3 Å². The quantitative estimate of drug-likeness (QED) is 0.459. The first-order chi connectivity index (χ1) is 14.4. The summed E-state index contributed by atoms with van der Waals surface area (Å²) in [6, 6.07) is 17.6. The largest absolute Gasteiger partial charge is 0.496 e. The van der Waals surface area contributed by atoms with E-state index in [9.17, 15) is 8.42 Å². The van der Waals surface area contributed by atoms with Crippen molar-refractivity contribution in [1.82, 2.24) is 9.78 Å². The average molecular weight is 459 g/mol. The molecule has 0 spiro atoms. The van der Waals surface area contributed by atoms with Crippen LogP contribution in [0.25, 0.3) is 10.9 Å². The van der Waals surface area contributed by atoms with Gasteiger partial charge in [-0.1, -0.05) is 29.8 Å². The Kier molecular flexibility index (Phi) is 5.39. The molecule has 152 valence electrons. The second-order valence-corrected chi connectivity index (χ2v) is 9.96. The van der Waals surface area contributed by atoms with Gasteiger partial charge in [0.25, 0.3) is 10.0 Å². The lowest BCUT2D eigenvalue weighted by Crippen LogP contribution is -2.12. The standard InChI is InChI=1S/C20H15ClN4O3S2/c1-28-16-7-3-6-15-19(16)20(24-30(26,27)18-9-8-17(21)29-18)23-25(15)12-14-5-2-4-13(10-14)11-22/h2-10H,12H2,1H3,(H,23,24). The topological polar surface area (TPSA) is 97.0 Å². The molecule has 10 heteroatoms. The van der Waals surface area contributed by atoms with Gasteiger partial charge in [0.15, 0.2) is 5.82 Å². The molecule has 0 saturated carbocycles. The van der Waals surface area contributed by atoms with Crippen LogP contribution in [0.15, 0.2) is 58.8 Å².